The minimum Gasteiger partial charge on any atom is -0.461 e. The number of nitrogens with one attached hydrogen (secondary N) is 1. The molecule has 10 nitrogen and oxygen atoms in total. The van der Waals surface area contributed by atoms with Gasteiger partial charge in [0.05, 0.1) is 18.9 Å². The van der Waals surface area contributed by atoms with Gasteiger partial charge in [-0.1, -0.05) is 6.07 Å². The molecule has 0 saturated carbocycles. The van der Waals surface area contributed by atoms with E-state index in [0.29, 0.717) is 5.82 Å². The smallest absolute Gasteiger partial charge is 0.420 e. The zero-order chi connectivity index (χ0) is 25.9. The third-order valence-corrected chi connectivity index (χ3v) is 4.91. The molecule has 0 unspecified atom stereocenters. The van der Waals surface area contributed by atoms with Crippen LogP contribution in [0.3, 0.4) is 0 Å². The van der Waals surface area contributed by atoms with Crippen molar-refractivity contribution < 1.29 is 27.4 Å². The Morgan fingerprint density at radius 1 is 1.11 bits per heavy atom. The predicted molar refractivity (Wildman–Crippen MR) is 123 cm³/mol. The van der Waals surface area contributed by atoms with Gasteiger partial charge in [-0.25, -0.2) is 19.9 Å². The molecule has 4 heterocycles. The Kier molecular flexibility index (Phi) is 7.10. The highest BCUT2D eigenvalue weighted by molar-refractivity contribution is 5.94. The van der Waals surface area contributed by atoms with Crippen molar-refractivity contribution in [2.75, 3.05) is 11.9 Å². The van der Waals surface area contributed by atoms with E-state index in [2.05, 4.69) is 30.4 Å². The number of carbonyl (C=O) groups excluding carboxylic acids is 1. The molecule has 36 heavy (non-hydrogen) atoms. The van der Waals surface area contributed by atoms with E-state index >= 15 is 0 Å². The lowest BCUT2D eigenvalue weighted by molar-refractivity contribution is -0.137. The highest BCUT2D eigenvalue weighted by Crippen LogP contribution is 2.34. The second kappa shape index (κ2) is 10.2. The van der Waals surface area contributed by atoms with Crippen molar-refractivity contribution in [2.24, 2.45) is 0 Å². The average molecular weight is 501 g/mol. The number of nitrogens with zero attached hydrogens (tertiary/aromatic N) is 6. The van der Waals surface area contributed by atoms with Crippen molar-refractivity contribution in [3.05, 3.63) is 60.3 Å². The molecule has 1 atom stereocenters. The van der Waals surface area contributed by atoms with Crippen LogP contribution in [0.5, 0.6) is 5.88 Å². The number of carbonyl (C=O) groups is 1. The summed E-state index contributed by atoms with van der Waals surface area (Å²) in [7, 11) is 0. The van der Waals surface area contributed by atoms with Gasteiger partial charge in [0.15, 0.2) is 11.5 Å². The lowest BCUT2D eigenvalue weighted by Crippen LogP contribution is -2.38. The van der Waals surface area contributed by atoms with Crippen LogP contribution >= 0.6 is 0 Å². The number of anilines is 1. The monoisotopic (exact) mass is 501 g/mol. The first-order valence-corrected chi connectivity index (χ1v) is 10.9. The van der Waals surface area contributed by atoms with Crippen molar-refractivity contribution in [3.63, 3.8) is 0 Å². The van der Waals surface area contributed by atoms with Gasteiger partial charge in [0.1, 0.15) is 23.1 Å². The number of fused-ring (bicyclic) bond motifs is 1. The molecule has 0 fully saturated rings. The van der Waals surface area contributed by atoms with Gasteiger partial charge >= 0.3 is 6.18 Å². The number of aryl methyl sites for hydroxylation is 1. The number of rotatable bonds is 8. The van der Waals surface area contributed by atoms with Crippen molar-refractivity contribution >= 4 is 22.8 Å². The summed E-state index contributed by atoms with van der Waals surface area (Å²) >= 11 is 0. The Bertz CT molecular complexity index is 1360. The van der Waals surface area contributed by atoms with Gasteiger partial charge in [-0.2, -0.15) is 23.0 Å². The fraction of sp³-hybridized carbons (Fsp3) is 0.304. The summed E-state index contributed by atoms with van der Waals surface area (Å²) in [6.07, 6.45) is -0.831. The highest BCUT2D eigenvalue weighted by Gasteiger charge is 2.35. The Morgan fingerprint density at radius 3 is 2.61 bits per heavy atom. The third kappa shape index (κ3) is 5.57. The second-order valence-electron chi connectivity index (χ2n) is 8.04. The van der Waals surface area contributed by atoms with Crippen LogP contribution in [0.2, 0.25) is 0 Å². The third-order valence-electron chi connectivity index (χ3n) is 4.91. The van der Waals surface area contributed by atoms with E-state index < -0.39 is 29.6 Å². The Labute approximate surface area is 203 Å². The van der Waals surface area contributed by atoms with Crippen LogP contribution < -0.4 is 10.1 Å². The molecule has 4 aromatic heterocycles. The van der Waals surface area contributed by atoms with Gasteiger partial charge in [0.25, 0.3) is 5.91 Å². The Balaban J connectivity index is 1.66. The fourth-order valence-electron chi connectivity index (χ4n) is 3.18. The Hall–Kier alpha value is -4.13. The highest BCUT2D eigenvalue weighted by atomic mass is 19.4. The number of pyridine rings is 2. The molecular weight excluding hydrogens is 479 g/mol. The van der Waals surface area contributed by atoms with E-state index in [9.17, 15) is 18.0 Å². The largest absolute Gasteiger partial charge is 0.461 e. The molecule has 13 heteroatoms. The van der Waals surface area contributed by atoms with Crippen LogP contribution in [0.4, 0.5) is 19.0 Å². The van der Waals surface area contributed by atoms with Crippen molar-refractivity contribution in [2.45, 2.75) is 39.2 Å². The predicted octanol–water partition coefficient (Wildman–Crippen LogP) is 3.74. The number of hydrogen-bond donors (Lipinski definition) is 1. The van der Waals surface area contributed by atoms with Crippen molar-refractivity contribution in [1.82, 2.24) is 29.7 Å². The van der Waals surface area contributed by atoms with E-state index in [-0.39, 0.29) is 29.6 Å². The first-order chi connectivity index (χ1) is 17.1. The molecule has 1 amide bonds. The van der Waals surface area contributed by atoms with Gasteiger partial charge in [0.2, 0.25) is 12.0 Å². The normalized spacial score (nSPS) is 12.6. The number of amides is 1. The molecule has 0 bridgehead atoms. The lowest BCUT2D eigenvalue weighted by atomic mass is 10.2. The van der Waals surface area contributed by atoms with Gasteiger partial charge in [-0.15, -0.1) is 0 Å². The number of halogens is 3. The number of aromatic nitrogens is 6. The maximum absolute atomic E-state index is 13.5. The first-order valence-electron chi connectivity index (χ1n) is 10.9. The maximum atomic E-state index is 13.5. The van der Waals surface area contributed by atoms with E-state index in [1.807, 2.05) is 6.92 Å². The lowest BCUT2D eigenvalue weighted by Gasteiger charge is -2.19. The van der Waals surface area contributed by atoms with Crippen LogP contribution in [-0.4, -0.2) is 54.4 Å². The summed E-state index contributed by atoms with van der Waals surface area (Å²) in [5.74, 6) is -0.734. The van der Waals surface area contributed by atoms with Crippen LogP contribution in [0.25, 0.3) is 16.9 Å². The maximum Gasteiger partial charge on any atom is 0.420 e. The molecule has 4 rings (SSSR count). The number of ether oxygens (including phenoxy) is 2. The summed E-state index contributed by atoms with van der Waals surface area (Å²) in [5.41, 5.74) is -0.0384. The van der Waals surface area contributed by atoms with E-state index in [1.165, 1.54) is 18.5 Å². The van der Waals surface area contributed by atoms with Gasteiger partial charge < -0.3 is 14.8 Å². The first kappa shape index (κ1) is 25.0. The van der Waals surface area contributed by atoms with Crippen LogP contribution in [0.1, 0.15) is 25.0 Å². The van der Waals surface area contributed by atoms with E-state index in [0.717, 1.165) is 22.6 Å². The minimum absolute atomic E-state index is 0.0216. The van der Waals surface area contributed by atoms with Gasteiger partial charge in [-0.3, -0.25) is 4.79 Å². The van der Waals surface area contributed by atoms with Crippen LogP contribution in [0.15, 0.2) is 49.2 Å². The quantitative estimate of drug-likeness (QED) is 0.388. The zero-order valence-electron chi connectivity index (χ0n) is 19.5. The summed E-state index contributed by atoms with van der Waals surface area (Å²) in [6.45, 7) is 5.35. The molecule has 0 saturated heterocycles. The van der Waals surface area contributed by atoms with Crippen molar-refractivity contribution in [3.8, 4) is 11.7 Å². The molecule has 0 aliphatic carbocycles. The van der Waals surface area contributed by atoms with E-state index in [4.69, 9.17) is 9.47 Å². The van der Waals surface area contributed by atoms with Gasteiger partial charge in [0, 0.05) is 12.4 Å². The second-order valence-corrected chi connectivity index (χ2v) is 8.04. The molecular formula is C23H22F3N7O3. The SMILES string of the molecule is Cc1ccc(NC(=O)[C@H](COC(C)C)Oc2ncnc3c2cnn3-c2ncccc2C(F)(F)F)nc1. The molecule has 0 aliphatic rings. The fourth-order valence-corrected chi connectivity index (χ4v) is 3.18. The zero-order valence-corrected chi connectivity index (χ0v) is 19.5. The molecule has 0 radical (unpaired) electrons. The topological polar surface area (TPSA) is 117 Å². The molecule has 0 aliphatic heterocycles. The summed E-state index contributed by atoms with van der Waals surface area (Å²) in [6, 6.07) is 5.52. The minimum atomic E-state index is -4.66. The molecule has 1 N–H and O–H groups in total. The molecule has 0 spiro atoms. The van der Waals surface area contributed by atoms with Crippen LogP contribution in [-0.2, 0) is 15.7 Å². The summed E-state index contributed by atoms with van der Waals surface area (Å²) in [5, 5.41) is 6.88. The molecule has 0 aromatic carbocycles. The van der Waals surface area contributed by atoms with E-state index in [1.54, 1.807) is 32.2 Å². The summed E-state index contributed by atoms with van der Waals surface area (Å²) in [4.78, 5) is 29.1. The molecule has 4 aromatic rings. The number of hydrogen-bond acceptors (Lipinski definition) is 8. The van der Waals surface area contributed by atoms with Gasteiger partial charge in [-0.05, 0) is 44.5 Å². The van der Waals surface area contributed by atoms with Crippen molar-refractivity contribution in [1.29, 1.82) is 0 Å². The summed E-state index contributed by atoms with van der Waals surface area (Å²) < 4.78 is 53.0. The standard InChI is InChI=1S/C23H22F3N7O3/c1-13(2)35-11-17(21(34)32-18-7-6-14(3)9-28-18)36-22-15-10-31-33(19(15)29-12-30-22)20-16(23(24,25)26)5-4-8-27-20/h4-10,12-13,17H,11H2,1-3H3,(H,28,32,34)/t17-/m0/s1. The average Bonchev–Trinajstić information content (AvgIpc) is 3.27. The number of alkyl halides is 3. The molecule has 188 valence electrons. The Morgan fingerprint density at radius 2 is 1.92 bits per heavy atom. The van der Waals surface area contributed by atoms with Crippen LogP contribution in [0, 0.1) is 6.92 Å².